The van der Waals surface area contributed by atoms with Crippen molar-refractivity contribution in [3.63, 3.8) is 0 Å². The van der Waals surface area contributed by atoms with Crippen LogP contribution in [0, 0.1) is 0 Å². The van der Waals surface area contributed by atoms with Crippen molar-refractivity contribution in [3.05, 3.63) is 107 Å². The highest BCUT2D eigenvalue weighted by atomic mass is 16.4. The molecule has 0 saturated carbocycles. The second-order valence-electron chi connectivity index (χ2n) is 5.50. The Morgan fingerprint density at radius 3 is 1.62 bits per heavy atom. The maximum Gasteiger partial charge on any atom is 0.315 e. The Hall–Kier alpha value is -3.20. The fourth-order valence-electron chi connectivity index (χ4n) is 2.71. The average Bonchev–Trinajstić information content (AvgIpc) is 2.63. The average molecular weight is 316 g/mol. The summed E-state index contributed by atoms with van der Waals surface area (Å²) in [7, 11) is 0. The summed E-state index contributed by atoms with van der Waals surface area (Å²) < 4.78 is 0. The van der Waals surface area contributed by atoms with Crippen molar-refractivity contribution in [1.29, 1.82) is 0 Å². The zero-order chi connectivity index (χ0) is 16.9. The van der Waals surface area contributed by atoms with E-state index in [9.17, 15) is 14.7 Å². The van der Waals surface area contributed by atoms with E-state index in [1.54, 1.807) is 48.5 Å². The van der Waals surface area contributed by atoms with Gasteiger partial charge in [-0.2, -0.15) is 0 Å². The van der Waals surface area contributed by atoms with E-state index in [1.807, 2.05) is 36.4 Å². The van der Waals surface area contributed by atoms with Crippen molar-refractivity contribution in [3.8, 4) is 0 Å². The van der Waals surface area contributed by atoms with Crippen LogP contribution in [0.5, 0.6) is 0 Å². The SMILES string of the molecule is O=C(c1ccccc1)c1ccc(C(C(=O)O)c2ccccc2)cc1. The van der Waals surface area contributed by atoms with E-state index in [2.05, 4.69) is 0 Å². The van der Waals surface area contributed by atoms with Crippen LogP contribution in [-0.4, -0.2) is 16.9 Å². The summed E-state index contributed by atoms with van der Waals surface area (Å²) in [6.07, 6.45) is 0. The van der Waals surface area contributed by atoms with Crippen molar-refractivity contribution >= 4 is 11.8 Å². The van der Waals surface area contributed by atoms with Gasteiger partial charge >= 0.3 is 5.97 Å². The molecule has 3 rings (SSSR count). The van der Waals surface area contributed by atoms with Crippen LogP contribution in [0.1, 0.15) is 33.0 Å². The van der Waals surface area contributed by atoms with Crippen LogP contribution in [-0.2, 0) is 4.79 Å². The molecule has 3 nitrogen and oxygen atoms in total. The lowest BCUT2D eigenvalue weighted by atomic mass is 9.90. The highest BCUT2D eigenvalue weighted by molar-refractivity contribution is 6.09. The minimum Gasteiger partial charge on any atom is -0.481 e. The van der Waals surface area contributed by atoms with Gasteiger partial charge < -0.3 is 5.11 Å². The molecule has 0 aliphatic rings. The van der Waals surface area contributed by atoms with Gasteiger partial charge in [0.15, 0.2) is 5.78 Å². The summed E-state index contributed by atoms with van der Waals surface area (Å²) in [4.78, 5) is 24.1. The summed E-state index contributed by atoms with van der Waals surface area (Å²) >= 11 is 0. The van der Waals surface area contributed by atoms with Crippen molar-refractivity contribution in [2.75, 3.05) is 0 Å². The Kier molecular flexibility index (Phi) is 4.52. The van der Waals surface area contributed by atoms with E-state index < -0.39 is 11.9 Å². The molecule has 0 aliphatic carbocycles. The van der Waals surface area contributed by atoms with E-state index in [0.717, 1.165) is 0 Å². The number of carbonyl (C=O) groups is 2. The first-order chi connectivity index (χ1) is 11.7. The third-order valence-electron chi connectivity index (χ3n) is 3.92. The van der Waals surface area contributed by atoms with Gasteiger partial charge in [0, 0.05) is 11.1 Å². The predicted octanol–water partition coefficient (Wildman–Crippen LogP) is 4.13. The second kappa shape index (κ2) is 6.92. The molecule has 3 heteroatoms. The van der Waals surface area contributed by atoms with Gasteiger partial charge in [0.05, 0.1) is 0 Å². The van der Waals surface area contributed by atoms with E-state index in [0.29, 0.717) is 22.3 Å². The normalized spacial score (nSPS) is 11.7. The molecule has 118 valence electrons. The number of rotatable bonds is 5. The summed E-state index contributed by atoms with van der Waals surface area (Å²) in [5.41, 5.74) is 2.52. The van der Waals surface area contributed by atoms with Crippen LogP contribution < -0.4 is 0 Å². The summed E-state index contributed by atoms with van der Waals surface area (Å²) in [6, 6.07) is 24.9. The fourth-order valence-corrected chi connectivity index (χ4v) is 2.71. The molecule has 0 spiro atoms. The topological polar surface area (TPSA) is 54.4 Å². The summed E-state index contributed by atoms with van der Waals surface area (Å²) in [5, 5.41) is 9.57. The Morgan fingerprint density at radius 1 is 0.625 bits per heavy atom. The largest absolute Gasteiger partial charge is 0.481 e. The van der Waals surface area contributed by atoms with Crippen LogP contribution in [0.15, 0.2) is 84.9 Å². The molecule has 0 fully saturated rings. The van der Waals surface area contributed by atoms with Crippen LogP contribution in [0.3, 0.4) is 0 Å². The maximum absolute atomic E-state index is 12.4. The van der Waals surface area contributed by atoms with Gasteiger partial charge in [0.2, 0.25) is 0 Å². The van der Waals surface area contributed by atoms with Gasteiger partial charge in [-0.05, 0) is 11.1 Å². The predicted molar refractivity (Wildman–Crippen MR) is 92.2 cm³/mol. The van der Waals surface area contributed by atoms with Crippen LogP contribution in [0.25, 0.3) is 0 Å². The lowest BCUT2D eigenvalue weighted by Gasteiger charge is -2.13. The number of hydrogen-bond donors (Lipinski definition) is 1. The van der Waals surface area contributed by atoms with E-state index >= 15 is 0 Å². The lowest BCUT2D eigenvalue weighted by molar-refractivity contribution is -0.137. The van der Waals surface area contributed by atoms with Crippen LogP contribution >= 0.6 is 0 Å². The summed E-state index contributed by atoms with van der Waals surface area (Å²) in [6.45, 7) is 0. The van der Waals surface area contributed by atoms with Crippen LogP contribution in [0.2, 0.25) is 0 Å². The quantitative estimate of drug-likeness (QED) is 0.720. The standard InChI is InChI=1S/C21H16O3/c22-20(17-9-5-2-6-10-17)18-13-11-16(12-14-18)19(21(23)24)15-7-3-1-4-8-15/h1-14,19H,(H,23,24). The molecular weight excluding hydrogens is 300 g/mol. The van der Waals surface area contributed by atoms with Gasteiger partial charge in [-0.3, -0.25) is 9.59 Å². The van der Waals surface area contributed by atoms with Gasteiger partial charge in [-0.15, -0.1) is 0 Å². The highest BCUT2D eigenvalue weighted by Crippen LogP contribution is 2.25. The molecule has 1 unspecified atom stereocenters. The van der Waals surface area contributed by atoms with E-state index in [4.69, 9.17) is 0 Å². The Balaban J connectivity index is 1.91. The molecule has 0 amide bonds. The van der Waals surface area contributed by atoms with E-state index in [-0.39, 0.29) is 5.78 Å². The number of ketones is 1. The lowest BCUT2D eigenvalue weighted by Crippen LogP contribution is -2.13. The van der Waals surface area contributed by atoms with Crippen molar-refractivity contribution < 1.29 is 14.7 Å². The zero-order valence-electron chi connectivity index (χ0n) is 12.9. The van der Waals surface area contributed by atoms with Crippen molar-refractivity contribution in [2.24, 2.45) is 0 Å². The maximum atomic E-state index is 12.4. The van der Waals surface area contributed by atoms with Crippen LogP contribution in [0.4, 0.5) is 0 Å². The fraction of sp³-hybridized carbons (Fsp3) is 0.0476. The molecule has 3 aromatic rings. The second-order valence-corrected chi connectivity index (χ2v) is 5.50. The Morgan fingerprint density at radius 2 is 1.08 bits per heavy atom. The Bertz CT molecular complexity index is 837. The first-order valence-corrected chi connectivity index (χ1v) is 7.64. The molecule has 0 saturated heterocycles. The first-order valence-electron chi connectivity index (χ1n) is 7.64. The van der Waals surface area contributed by atoms with Crippen molar-refractivity contribution in [1.82, 2.24) is 0 Å². The number of benzene rings is 3. The molecule has 0 heterocycles. The molecule has 0 aliphatic heterocycles. The number of carbonyl (C=O) groups excluding carboxylic acids is 1. The number of hydrogen-bond acceptors (Lipinski definition) is 2. The smallest absolute Gasteiger partial charge is 0.315 e. The van der Waals surface area contributed by atoms with Crippen molar-refractivity contribution in [2.45, 2.75) is 5.92 Å². The third-order valence-corrected chi connectivity index (χ3v) is 3.92. The van der Waals surface area contributed by atoms with Gasteiger partial charge in [-0.25, -0.2) is 0 Å². The number of aliphatic carboxylic acids is 1. The highest BCUT2D eigenvalue weighted by Gasteiger charge is 2.22. The van der Waals surface area contributed by atoms with Gasteiger partial charge in [0.25, 0.3) is 0 Å². The van der Waals surface area contributed by atoms with Gasteiger partial charge in [-0.1, -0.05) is 84.9 Å². The van der Waals surface area contributed by atoms with Gasteiger partial charge in [0.1, 0.15) is 5.92 Å². The molecule has 3 aromatic carbocycles. The molecule has 24 heavy (non-hydrogen) atoms. The summed E-state index contributed by atoms with van der Waals surface area (Å²) in [5.74, 6) is -1.73. The number of carboxylic acid groups (broad SMARTS) is 1. The molecule has 1 atom stereocenters. The molecular formula is C21H16O3. The first kappa shape index (κ1) is 15.7. The molecule has 0 aromatic heterocycles. The van der Waals surface area contributed by atoms with E-state index in [1.165, 1.54) is 0 Å². The molecule has 0 bridgehead atoms. The monoisotopic (exact) mass is 316 g/mol. The molecule has 0 radical (unpaired) electrons. The minimum absolute atomic E-state index is 0.0752. The molecule has 1 N–H and O–H groups in total. The Labute approximate surface area is 140 Å². The third kappa shape index (κ3) is 3.25. The minimum atomic E-state index is -0.914. The number of carboxylic acids is 1. The zero-order valence-corrected chi connectivity index (χ0v) is 12.9.